The van der Waals surface area contributed by atoms with Crippen LogP contribution in [0.3, 0.4) is 0 Å². The smallest absolute Gasteiger partial charge is 0.351 e. The van der Waals surface area contributed by atoms with Crippen molar-refractivity contribution in [2.45, 2.75) is 25.6 Å². The summed E-state index contributed by atoms with van der Waals surface area (Å²) in [5, 5.41) is 3.62. The summed E-state index contributed by atoms with van der Waals surface area (Å²) in [6, 6.07) is 1.06. The van der Waals surface area contributed by atoms with Crippen LogP contribution in [0.2, 0.25) is 0 Å². The van der Waals surface area contributed by atoms with Gasteiger partial charge in [0.25, 0.3) is 0 Å². The fourth-order valence-electron chi connectivity index (χ4n) is 1.70. The van der Waals surface area contributed by atoms with E-state index in [1.165, 1.54) is 33.3 Å². The number of hydrogen-bond donors (Lipinski definition) is 0. The molecule has 2 atom stereocenters. The van der Waals surface area contributed by atoms with Crippen LogP contribution in [0, 0.1) is 0 Å². The Kier molecular flexibility index (Phi) is 7.76. The van der Waals surface area contributed by atoms with E-state index < -0.39 is 17.7 Å². The van der Waals surface area contributed by atoms with Crippen molar-refractivity contribution in [1.82, 2.24) is 9.97 Å². The van der Waals surface area contributed by atoms with Crippen LogP contribution in [-0.4, -0.2) is 61.4 Å². The van der Waals surface area contributed by atoms with E-state index in [0.717, 1.165) is 14.0 Å². The topological polar surface area (TPSA) is 101 Å². The van der Waals surface area contributed by atoms with Crippen molar-refractivity contribution in [3.63, 3.8) is 0 Å². The molecule has 0 aliphatic carbocycles. The van der Waals surface area contributed by atoms with Crippen molar-refractivity contribution in [3.05, 3.63) is 18.7 Å². The van der Waals surface area contributed by atoms with Crippen molar-refractivity contribution in [2.75, 3.05) is 27.9 Å². The number of ether oxygens (including phenoxy) is 4. The third-order valence-electron chi connectivity index (χ3n) is 3.31. The van der Waals surface area contributed by atoms with Crippen molar-refractivity contribution in [2.24, 2.45) is 5.16 Å². The molecular weight excluding hydrogens is 349 g/mol. The van der Waals surface area contributed by atoms with Gasteiger partial charge in [-0.1, -0.05) is 17.8 Å². The van der Waals surface area contributed by atoms with E-state index in [9.17, 15) is 4.79 Å². The number of esters is 1. The van der Waals surface area contributed by atoms with Crippen molar-refractivity contribution in [1.29, 1.82) is 0 Å². The quantitative estimate of drug-likeness (QED) is 0.201. The van der Waals surface area contributed by atoms with Gasteiger partial charge in [-0.25, -0.2) is 9.18 Å². The molecular formula is C16H22FN3O6. The Morgan fingerprint density at radius 1 is 1.35 bits per heavy atom. The predicted molar refractivity (Wildman–Crippen MR) is 90.3 cm³/mol. The maximum atomic E-state index is 15.3. The molecule has 1 heterocycles. The van der Waals surface area contributed by atoms with Gasteiger partial charge >= 0.3 is 12.0 Å². The Balaban J connectivity index is 3.20. The third-order valence-corrected chi connectivity index (χ3v) is 3.31. The summed E-state index contributed by atoms with van der Waals surface area (Å²) in [5.41, 5.74) is -2.53. The van der Waals surface area contributed by atoms with Crippen LogP contribution in [0.4, 0.5) is 4.39 Å². The summed E-state index contributed by atoms with van der Waals surface area (Å²) in [6.07, 6.45) is -0.308. The van der Waals surface area contributed by atoms with Crippen LogP contribution >= 0.6 is 0 Å². The van der Waals surface area contributed by atoms with Gasteiger partial charge in [-0.15, -0.1) is 0 Å². The highest BCUT2D eigenvalue weighted by atomic mass is 19.1. The second kappa shape index (κ2) is 9.54. The Morgan fingerprint density at radius 3 is 2.38 bits per heavy atom. The van der Waals surface area contributed by atoms with Gasteiger partial charge in [-0.05, 0) is 13.8 Å². The number of alkyl halides is 1. The number of halogens is 1. The van der Waals surface area contributed by atoms with E-state index in [0.29, 0.717) is 0 Å². The van der Waals surface area contributed by atoms with Gasteiger partial charge in [0.15, 0.2) is 5.67 Å². The zero-order valence-corrected chi connectivity index (χ0v) is 15.3. The Labute approximate surface area is 150 Å². The van der Waals surface area contributed by atoms with Crippen LogP contribution in [0.1, 0.15) is 13.8 Å². The summed E-state index contributed by atoms with van der Waals surface area (Å²) < 4.78 is 35.2. The number of hydrogen-bond acceptors (Lipinski definition) is 9. The first-order valence-electron chi connectivity index (χ1n) is 7.48. The van der Waals surface area contributed by atoms with Crippen LogP contribution in [0.25, 0.3) is 0 Å². The Bertz CT molecular complexity index is 643. The molecule has 0 saturated heterocycles. The van der Waals surface area contributed by atoms with E-state index >= 15 is 4.39 Å². The van der Waals surface area contributed by atoms with Crippen molar-refractivity contribution < 1.29 is 33.0 Å². The number of aromatic nitrogens is 2. The number of oxime groups is 1. The average Bonchev–Trinajstić information content (AvgIpc) is 2.64. The van der Waals surface area contributed by atoms with E-state index in [1.807, 2.05) is 0 Å². The fraction of sp³-hybridized carbons (Fsp3) is 0.500. The first kappa shape index (κ1) is 21.1. The molecule has 9 nitrogen and oxygen atoms in total. The van der Waals surface area contributed by atoms with Crippen molar-refractivity contribution in [3.8, 4) is 17.8 Å². The molecule has 1 aromatic heterocycles. The predicted octanol–water partition coefficient (Wildman–Crippen LogP) is 1.72. The first-order chi connectivity index (χ1) is 12.3. The van der Waals surface area contributed by atoms with Gasteiger partial charge in [0.2, 0.25) is 17.9 Å². The lowest BCUT2D eigenvalue weighted by Gasteiger charge is -2.27. The molecule has 26 heavy (non-hydrogen) atoms. The summed E-state index contributed by atoms with van der Waals surface area (Å²) >= 11 is 0. The van der Waals surface area contributed by atoms with Gasteiger partial charge in [-0.3, -0.25) is 0 Å². The second-order valence-electron chi connectivity index (χ2n) is 5.09. The number of nitrogens with zero attached hydrogens (tertiary/aromatic N) is 3. The zero-order chi connectivity index (χ0) is 19.7. The van der Waals surface area contributed by atoms with Gasteiger partial charge in [0, 0.05) is 0 Å². The van der Waals surface area contributed by atoms with Crippen LogP contribution < -0.4 is 14.2 Å². The molecule has 10 heteroatoms. The normalized spacial score (nSPS) is 14.6. The fourth-order valence-corrected chi connectivity index (χ4v) is 1.70. The number of carbonyl (C=O) groups is 1. The number of carbonyl (C=O) groups excluding carboxylic acids is 1. The lowest BCUT2D eigenvalue weighted by Crippen LogP contribution is -2.50. The van der Waals surface area contributed by atoms with Crippen LogP contribution in [0.15, 0.2) is 23.9 Å². The lowest BCUT2D eigenvalue weighted by atomic mass is 9.96. The SMILES string of the molecule is C=CCON=C(C)C(C)(F)C(Oc1nc(OC)cc(OC)n1)C(=O)OC. The molecule has 0 spiro atoms. The van der Waals surface area contributed by atoms with Gasteiger partial charge in [0.1, 0.15) is 6.61 Å². The molecule has 1 rings (SSSR count). The first-order valence-corrected chi connectivity index (χ1v) is 7.48. The minimum absolute atomic E-state index is 0.0767. The highest BCUT2D eigenvalue weighted by molar-refractivity contribution is 5.95. The standard InChI is InChI=1S/C16H22FN3O6/c1-7-8-25-20-10(2)16(3,17)13(14(21)24-6)26-15-18-11(22-4)9-12(19-15)23-5/h7,9,13H,1,8H2,2-6H3. The van der Waals surface area contributed by atoms with Crippen molar-refractivity contribution >= 4 is 11.7 Å². The van der Waals surface area contributed by atoms with Gasteiger partial charge < -0.3 is 23.8 Å². The maximum Gasteiger partial charge on any atom is 0.351 e. The molecule has 0 fully saturated rings. The average molecular weight is 371 g/mol. The molecule has 0 aliphatic heterocycles. The van der Waals surface area contributed by atoms with E-state index in [-0.39, 0.29) is 30.1 Å². The molecule has 0 aliphatic rings. The summed E-state index contributed by atoms with van der Waals surface area (Å²) in [7, 11) is 3.84. The largest absolute Gasteiger partial charge is 0.481 e. The summed E-state index contributed by atoms with van der Waals surface area (Å²) in [4.78, 5) is 24.8. The molecule has 0 N–H and O–H groups in total. The Hall–Kier alpha value is -2.91. The minimum Gasteiger partial charge on any atom is -0.481 e. The van der Waals surface area contributed by atoms with E-state index in [2.05, 4.69) is 26.4 Å². The molecule has 1 aromatic rings. The van der Waals surface area contributed by atoms with Crippen LogP contribution in [0.5, 0.6) is 17.8 Å². The van der Waals surface area contributed by atoms with E-state index in [4.69, 9.17) is 19.0 Å². The highest BCUT2D eigenvalue weighted by Crippen LogP contribution is 2.26. The third kappa shape index (κ3) is 5.30. The molecule has 0 amide bonds. The van der Waals surface area contributed by atoms with Crippen LogP contribution in [-0.2, 0) is 14.4 Å². The number of methoxy groups -OCH3 is 3. The zero-order valence-electron chi connectivity index (χ0n) is 15.3. The molecule has 2 unspecified atom stereocenters. The molecule has 0 saturated carbocycles. The Morgan fingerprint density at radius 2 is 1.92 bits per heavy atom. The highest BCUT2D eigenvalue weighted by Gasteiger charge is 2.46. The molecule has 0 aromatic carbocycles. The lowest BCUT2D eigenvalue weighted by molar-refractivity contribution is -0.154. The van der Waals surface area contributed by atoms with E-state index in [1.54, 1.807) is 0 Å². The number of rotatable bonds is 10. The maximum absolute atomic E-state index is 15.3. The minimum atomic E-state index is -2.38. The van der Waals surface area contributed by atoms with Gasteiger partial charge in [0.05, 0.1) is 33.1 Å². The monoisotopic (exact) mass is 371 g/mol. The van der Waals surface area contributed by atoms with Gasteiger partial charge in [-0.2, -0.15) is 9.97 Å². The molecule has 144 valence electrons. The summed E-state index contributed by atoms with van der Waals surface area (Å²) in [6.45, 7) is 5.98. The second-order valence-corrected chi connectivity index (χ2v) is 5.09. The molecule has 0 bridgehead atoms. The summed E-state index contributed by atoms with van der Waals surface area (Å²) in [5.74, 6) is -0.773. The molecule has 0 radical (unpaired) electrons.